The number of amides is 2. The Hall–Kier alpha value is -4.04. The zero-order chi connectivity index (χ0) is 40.8. The van der Waals surface area contributed by atoms with Crippen molar-refractivity contribution in [1.82, 2.24) is 15.0 Å². The number of rotatable bonds is 12. The number of aryl methyl sites for hydroxylation is 1. The molecule has 304 valence electrons. The van der Waals surface area contributed by atoms with Crippen LogP contribution in [0.2, 0.25) is 18.6 Å². The average molecular weight is 867 g/mol. The molecule has 15 nitrogen and oxygen atoms in total. The molecule has 9 atom stereocenters. The number of ether oxygens (including phenoxy) is 3. The number of fused-ring (bicyclic) bond motifs is 2. The molecular weight excluding hydrogens is 818 g/mol. The van der Waals surface area contributed by atoms with E-state index in [1.807, 2.05) is 42.6 Å². The lowest BCUT2D eigenvalue weighted by atomic mass is 9.82. The minimum absolute atomic E-state index is 0.0175. The number of carbonyl (C=O) groups is 2. The molecule has 1 aromatic heterocycles. The van der Waals surface area contributed by atoms with E-state index in [1.54, 1.807) is 34.9 Å². The highest BCUT2D eigenvalue weighted by atomic mass is 79.9. The fourth-order valence-electron chi connectivity index (χ4n) is 8.87. The molecule has 0 saturated carbocycles. The van der Waals surface area contributed by atoms with E-state index < -0.39 is 50.3 Å². The van der Waals surface area contributed by atoms with Gasteiger partial charge in [0.15, 0.2) is 18.0 Å². The van der Waals surface area contributed by atoms with Gasteiger partial charge in [0, 0.05) is 47.4 Å². The number of hydrogen-bond acceptors (Lipinski definition) is 12. The van der Waals surface area contributed by atoms with Crippen molar-refractivity contribution in [3.63, 3.8) is 0 Å². The number of nitrogens with one attached hydrogen (secondary N) is 1. The fourth-order valence-corrected chi connectivity index (χ4v) is 13.3. The van der Waals surface area contributed by atoms with E-state index in [4.69, 9.17) is 14.2 Å². The third-order valence-corrected chi connectivity index (χ3v) is 16.6. The summed E-state index contributed by atoms with van der Waals surface area (Å²) in [6, 6.07) is 20.8. The standard InChI is InChI=1S/C40H48BrN5O10Si/c1-22-36(57(3,4)28-11-9-27(54-2)10-12-28)31(14-16-45-21-26(15-17-47)43-44-45)56-40(22)29-19-24(41)8-13-30(29)46(39(40)53)20-23-6-5-7-25(18-23)42-37(51)35-33(49)32(48)34(50)38(52)55-35/h5-13,18-19,21-22,31-36,38,47-50,52H,14-17,20H2,1-4H3,(H,42,51)/t22-,31+,32-,33-,34+,35-,36-,38+,40+/m0/s1. The Kier molecular flexibility index (Phi) is 11.8. The van der Waals surface area contributed by atoms with E-state index >= 15 is 4.79 Å². The summed E-state index contributed by atoms with van der Waals surface area (Å²) in [5.41, 5.74) is 1.84. The molecule has 7 rings (SSSR count). The molecule has 0 unspecified atom stereocenters. The van der Waals surface area contributed by atoms with Gasteiger partial charge in [-0.25, -0.2) is 0 Å². The summed E-state index contributed by atoms with van der Waals surface area (Å²) >= 11 is 3.66. The quantitative estimate of drug-likeness (QED) is 0.113. The number of carbonyl (C=O) groups excluding carboxylic acids is 2. The van der Waals surface area contributed by atoms with Crippen LogP contribution >= 0.6 is 15.9 Å². The third-order valence-electron chi connectivity index (χ3n) is 11.8. The summed E-state index contributed by atoms with van der Waals surface area (Å²) in [7, 11) is -0.777. The lowest BCUT2D eigenvalue weighted by Crippen LogP contribution is -2.60. The molecule has 3 aliphatic rings. The number of hydrogen-bond donors (Lipinski definition) is 6. The Labute approximate surface area is 339 Å². The van der Waals surface area contributed by atoms with Gasteiger partial charge in [0.2, 0.25) is 0 Å². The number of methoxy groups -OCH3 is 1. The lowest BCUT2D eigenvalue weighted by Gasteiger charge is -2.37. The van der Waals surface area contributed by atoms with Gasteiger partial charge in [-0.05, 0) is 60.0 Å². The average Bonchev–Trinajstić information content (AvgIpc) is 3.84. The van der Waals surface area contributed by atoms with Crippen molar-refractivity contribution in [3.05, 3.63) is 94.2 Å². The molecule has 6 N–H and O–H groups in total. The lowest BCUT2D eigenvalue weighted by molar-refractivity contribution is -0.274. The molecule has 4 heterocycles. The van der Waals surface area contributed by atoms with Crippen LogP contribution in [0.3, 0.4) is 0 Å². The van der Waals surface area contributed by atoms with Crippen molar-refractivity contribution in [1.29, 1.82) is 0 Å². The van der Waals surface area contributed by atoms with Crippen molar-refractivity contribution < 1.29 is 49.3 Å². The maximum absolute atomic E-state index is 15.2. The highest BCUT2D eigenvalue weighted by molar-refractivity contribution is 9.10. The van der Waals surface area contributed by atoms with Crippen molar-refractivity contribution in [2.45, 2.75) is 93.9 Å². The predicted molar refractivity (Wildman–Crippen MR) is 214 cm³/mol. The molecule has 2 amide bonds. The highest BCUT2D eigenvalue weighted by Gasteiger charge is 2.66. The summed E-state index contributed by atoms with van der Waals surface area (Å²) in [5, 5.41) is 62.0. The Bertz CT molecular complexity index is 2100. The summed E-state index contributed by atoms with van der Waals surface area (Å²) in [5.74, 6) is -0.524. The third kappa shape index (κ3) is 7.56. The monoisotopic (exact) mass is 865 g/mol. The van der Waals surface area contributed by atoms with Crippen LogP contribution < -0.4 is 20.1 Å². The normalized spacial score (nSPS) is 28.5. The molecule has 3 aliphatic heterocycles. The number of aromatic nitrogens is 3. The van der Waals surface area contributed by atoms with Crippen LogP contribution in [-0.4, -0.2) is 111 Å². The van der Waals surface area contributed by atoms with Gasteiger partial charge < -0.3 is 50.0 Å². The SMILES string of the molecule is COc1ccc([Si](C)(C)[C@@H]2[C@@H](CCn3cc(CCO)nn3)O[C@]3(C(=O)N(Cc4cccc(NC(=O)[C@H]5O[C@@H](O)[C@H](O)[C@@H](O)[C@@H]5O)c4)c4ccc(Br)cc43)[C@H]2C)cc1. The van der Waals surface area contributed by atoms with Gasteiger partial charge in [-0.2, -0.15) is 0 Å². The highest BCUT2D eigenvalue weighted by Crippen LogP contribution is 2.60. The van der Waals surface area contributed by atoms with Gasteiger partial charge in [0.05, 0.1) is 39.2 Å². The molecule has 3 aromatic carbocycles. The van der Waals surface area contributed by atoms with Gasteiger partial charge in [-0.15, -0.1) is 5.10 Å². The van der Waals surface area contributed by atoms with Crippen molar-refractivity contribution >= 4 is 52.4 Å². The Morgan fingerprint density at radius 2 is 1.79 bits per heavy atom. The minimum Gasteiger partial charge on any atom is -0.497 e. The van der Waals surface area contributed by atoms with E-state index in [-0.39, 0.29) is 36.6 Å². The number of benzene rings is 3. The number of anilines is 2. The van der Waals surface area contributed by atoms with Crippen LogP contribution in [0.1, 0.15) is 30.2 Å². The maximum Gasteiger partial charge on any atom is 0.264 e. The van der Waals surface area contributed by atoms with Gasteiger partial charge >= 0.3 is 0 Å². The van der Waals surface area contributed by atoms with E-state index in [2.05, 4.69) is 63.7 Å². The van der Waals surface area contributed by atoms with Crippen LogP contribution in [-0.2, 0) is 44.2 Å². The first-order valence-corrected chi connectivity index (χ1v) is 22.8. The van der Waals surface area contributed by atoms with Crippen molar-refractivity contribution in [3.8, 4) is 5.75 Å². The Morgan fingerprint density at radius 1 is 1.04 bits per heavy atom. The second kappa shape index (κ2) is 16.3. The minimum atomic E-state index is -2.42. The summed E-state index contributed by atoms with van der Waals surface area (Å²) in [4.78, 5) is 30.1. The predicted octanol–water partition coefficient (Wildman–Crippen LogP) is 2.18. The smallest absolute Gasteiger partial charge is 0.264 e. The van der Waals surface area contributed by atoms with Crippen molar-refractivity contribution in [2.24, 2.45) is 5.92 Å². The van der Waals surface area contributed by atoms with Gasteiger partial charge in [-0.1, -0.05) is 70.6 Å². The van der Waals surface area contributed by atoms with Crippen LogP contribution in [0.25, 0.3) is 0 Å². The van der Waals surface area contributed by atoms with Crippen LogP contribution in [0.15, 0.2) is 77.4 Å². The molecule has 2 saturated heterocycles. The number of aliphatic hydroxyl groups excluding tert-OH is 5. The maximum atomic E-state index is 15.2. The number of halogens is 1. The van der Waals surface area contributed by atoms with E-state index in [0.717, 1.165) is 15.8 Å². The van der Waals surface area contributed by atoms with Crippen LogP contribution in [0.4, 0.5) is 11.4 Å². The van der Waals surface area contributed by atoms with Crippen LogP contribution in [0.5, 0.6) is 5.75 Å². The number of nitrogens with zero attached hydrogens (tertiary/aromatic N) is 4. The Balaban J connectivity index is 1.20. The fraction of sp³-hybridized carbons (Fsp3) is 0.450. The molecule has 0 aliphatic carbocycles. The molecule has 57 heavy (non-hydrogen) atoms. The van der Waals surface area contributed by atoms with Gasteiger partial charge in [0.1, 0.15) is 24.1 Å². The van der Waals surface area contributed by atoms with Gasteiger partial charge in [0.25, 0.3) is 11.8 Å². The molecule has 0 bridgehead atoms. The van der Waals surface area contributed by atoms with E-state index in [9.17, 15) is 30.3 Å². The second-order valence-corrected chi connectivity index (χ2v) is 21.2. The second-order valence-electron chi connectivity index (χ2n) is 15.6. The Morgan fingerprint density at radius 3 is 2.51 bits per heavy atom. The van der Waals surface area contributed by atoms with E-state index in [1.165, 1.54) is 5.19 Å². The molecule has 2 fully saturated rings. The van der Waals surface area contributed by atoms with Crippen LogP contribution in [0, 0.1) is 5.92 Å². The summed E-state index contributed by atoms with van der Waals surface area (Å²) in [6.07, 6.45) is -6.39. The first-order valence-electron chi connectivity index (χ1n) is 18.9. The first kappa shape index (κ1) is 41.1. The van der Waals surface area contributed by atoms with Gasteiger partial charge in [-0.3, -0.25) is 14.3 Å². The molecule has 0 radical (unpaired) electrons. The zero-order valence-corrected chi connectivity index (χ0v) is 34.6. The van der Waals surface area contributed by atoms with Crippen molar-refractivity contribution in [2.75, 3.05) is 23.9 Å². The summed E-state index contributed by atoms with van der Waals surface area (Å²) < 4.78 is 20.4. The molecule has 1 spiro atoms. The summed E-state index contributed by atoms with van der Waals surface area (Å²) in [6.45, 7) is 7.37. The number of aliphatic hydroxyl groups is 5. The molecular formula is C40H48BrN5O10Si. The molecule has 17 heteroatoms. The zero-order valence-electron chi connectivity index (χ0n) is 32.0. The molecule has 4 aromatic rings. The first-order chi connectivity index (χ1) is 27.2. The largest absolute Gasteiger partial charge is 0.497 e. The topological polar surface area (TPSA) is 209 Å². The van der Waals surface area contributed by atoms with E-state index in [0.29, 0.717) is 42.0 Å².